The fourth-order valence-electron chi connectivity index (χ4n) is 1.54. The lowest BCUT2D eigenvalue weighted by molar-refractivity contribution is 0.103. The van der Waals surface area contributed by atoms with Crippen molar-refractivity contribution in [2.45, 2.75) is 0 Å². The van der Waals surface area contributed by atoms with E-state index in [-0.39, 0.29) is 5.78 Å². The van der Waals surface area contributed by atoms with Gasteiger partial charge in [-0.2, -0.15) is 0 Å². The smallest absolute Gasteiger partial charge is 0.200 e. The summed E-state index contributed by atoms with van der Waals surface area (Å²) in [4.78, 5) is 12.2. The normalized spacial score (nSPS) is 10.0. The van der Waals surface area contributed by atoms with Crippen LogP contribution in [0.2, 0.25) is 0 Å². The number of benzene rings is 1. The molecular weight excluding hydrogens is 220 g/mol. The molecule has 0 amide bonds. The molecule has 4 heteroatoms. The van der Waals surface area contributed by atoms with Crippen molar-refractivity contribution in [2.24, 2.45) is 0 Å². The second kappa shape index (κ2) is 4.74. The second-order valence-corrected chi connectivity index (χ2v) is 3.41. The molecule has 0 N–H and O–H groups in total. The van der Waals surface area contributed by atoms with Gasteiger partial charge in [-0.1, -0.05) is 0 Å². The van der Waals surface area contributed by atoms with E-state index in [0.29, 0.717) is 22.6 Å². The van der Waals surface area contributed by atoms with Crippen molar-refractivity contribution in [1.29, 1.82) is 0 Å². The number of ketones is 1. The van der Waals surface area contributed by atoms with Crippen LogP contribution in [-0.2, 0) is 0 Å². The Bertz CT molecular complexity index is 514. The number of rotatable bonds is 4. The Morgan fingerprint density at radius 3 is 2.59 bits per heavy atom. The lowest BCUT2D eigenvalue weighted by Crippen LogP contribution is -2.03. The van der Waals surface area contributed by atoms with Crippen LogP contribution in [0.5, 0.6) is 11.5 Å². The summed E-state index contributed by atoms with van der Waals surface area (Å²) in [6.45, 7) is 0. The predicted octanol–water partition coefficient (Wildman–Crippen LogP) is 2.53. The van der Waals surface area contributed by atoms with Gasteiger partial charge in [0.1, 0.15) is 17.8 Å². The van der Waals surface area contributed by atoms with Crippen LogP contribution in [0, 0.1) is 0 Å². The number of carbonyl (C=O) groups excluding carboxylic acids is 1. The number of furan rings is 1. The van der Waals surface area contributed by atoms with E-state index in [2.05, 4.69) is 0 Å². The summed E-state index contributed by atoms with van der Waals surface area (Å²) in [6.07, 6.45) is 2.86. The zero-order valence-electron chi connectivity index (χ0n) is 9.60. The molecule has 0 atom stereocenters. The van der Waals surface area contributed by atoms with Gasteiger partial charge in [-0.25, -0.2) is 0 Å². The molecule has 0 fully saturated rings. The summed E-state index contributed by atoms with van der Waals surface area (Å²) in [5, 5.41) is 0. The molecule has 1 aromatic heterocycles. The minimum atomic E-state index is -0.158. The Kier molecular flexibility index (Phi) is 3.14. The van der Waals surface area contributed by atoms with Gasteiger partial charge in [0.15, 0.2) is 5.78 Å². The van der Waals surface area contributed by atoms with Crippen LogP contribution in [0.25, 0.3) is 0 Å². The first kappa shape index (κ1) is 11.3. The minimum absolute atomic E-state index is 0.158. The van der Waals surface area contributed by atoms with Crippen LogP contribution in [0.15, 0.2) is 41.2 Å². The average molecular weight is 232 g/mol. The molecule has 0 saturated carbocycles. The molecular formula is C13H12O4. The molecule has 0 aliphatic heterocycles. The van der Waals surface area contributed by atoms with Crippen molar-refractivity contribution < 1.29 is 18.7 Å². The van der Waals surface area contributed by atoms with E-state index in [1.165, 1.54) is 19.6 Å². The topological polar surface area (TPSA) is 48.7 Å². The molecule has 0 aliphatic carbocycles. The van der Waals surface area contributed by atoms with Crippen LogP contribution < -0.4 is 9.47 Å². The highest BCUT2D eigenvalue weighted by molar-refractivity contribution is 6.10. The van der Waals surface area contributed by atoms with Gasteiger partial charge >= 0.3 is 0 Å². The highest BCUT2D eigenvalue weighted by atomic mass is 16.5. The van der Waals surface area contributed by atoms with Crippen LogP contribution in [0.4, 0.5) is 0 Å². The molecule has 2 rings (SSSR count). The number of carbonyl (C=O) groups is 1. The third kappa shape index (κ3) is 2.15. The molecule has 17 heavy (non-hydrogen) atoms. The van der Waals surface area contributed by atoms with E-state index < -0.39 is 0 Å². The maximum Gasteiger partial charge on any atom is 0.200 e. The van der Waals surface area contributed by atoms with Crippen molar-refractivity contribution in [2.75, 3.05) is 14.2 Å². The highest BCUT2D eigenvalue weighted by Gasteiger charge is 2.16. The van der Waals surface area contributed by atoms with Crippen LogP contribution in [0.1, 0.15) is 15.9 Å². The lowest BCUT2D eigenvalue weighted by atomic mass is 10.0. The average Bonchev–Trinajstić information content (AvgIpc) is 2.91. The van der Waals surface area contributed by atoms with Gasteiger partial charge in [0.25, 0.3) is 0 Å². The molecule has 0 saturated heterocycles. The third-order valence-electron chi connectivity index (χ3n) is 2.43. The molecule has 0 spiro atoms. The Hall–Kier alpha value is -2.23. The van der Waals surface area contributed by atoms with Crippen LogP contribution in [0.3, 0.4) is 0 Å². The van der Waals surface area contributed by atoms with Crippen LogP contribution >= 0.6 is 0 Å². The van der Waals surface area contributed by atoms with E-state index in [4.69, 9.17) is 13.9 Å². The number of ether oxygens (including phenoxy) is 2. The van der Waals surface area contributed by atoms with E-state index >= 15 is 0 Å². The summed E-state index contributed by atoms with van der Waals surface area (Å²) < 4.78 is 15.1. The Labute approximate surface area is 98.8 Å². The highest BCUT2D eigenvalue weighted by Crippen LogP contribution is 2.26. The first-order valence-corrected chi connectivity index (χ1v) is 5.05. The minimum Gasteiger partial charge on any atom is -0.497 e. The summed E-state index contributed by atoms with van der Waals surface area (Å²) in [5.41, 5.74) is 0.935. The Morgan fingerprint density at radius 2 is 2.00 bits per heavy atom. The van der Waals surface area contributed by atoms with Crippen molar-refractivity contribution >= 4 is 5.78 Å². The zero-order valence-corrected chi connectivity index (χ0v) is 9.60. The van der Waals surface area contributed by atoms with Gasteiger partial charge in [0.05, 0.1) is 31.6 Å². The summed E-state index contributed by atoms with van der Waals surface area (Å²) in [5.74, 6) is 0.962. The van der Waals surface area contributed by atoms with Gasteiger partial charge in [0.2, 0.25) is 0 Å². The SMILES string of the molecule is COc1ccc(OC)c(C(=O)c2ccoc2)c1. The van der Waals surface area contributed by atoms with Gasteiger partial charge in [0, 0.05) is 0 Å². The van der Waals surface area contributed by atoms with Crippen molar-refractivity contribution in [1.82, 2.24) is 0 Å². The third-order valence-corrected chi connectivity index (χ3v) is 2.43. The molecule has 0 bridgehead atoms. The monoisotopic (exact) mass is 232 g/mol. The zero-order chi connectivity index (χ0) is 12.3. The van der Waals surface area contributed by atoms with Crippen molar-refractivity contribution in [3.8, 4) is 11.5 Å². The quantitative estimate of drug-likeness (QED) is 0.760. The van der Waals surface area contributed by atoms with Gasteiger partial charge in [-0.3, -0.25) is 4.79 Å². The maximum atomic E-state index is 12.2. The maximum absolute atomic E-state index is 12.2. The molecule has 2 aromatic rings. The summed E-state index contributed by atoms with van der Waals surface area (Å²) in [7, 11) is 3.07. The number of hydrogen-bond acceptors (Lipinski definition) is 4. The van der Waals surface area contributed by atoms with Gasteiger partial charge in [-0.05, 0) is 24.3 Å². The van der Waals surface area contributed by atoms with Gasteiger partial charge in [-0.15, -0.1) is 0 Å². The fourth-order valence-corrected chi connectivity index (χ4v) is 1.54. The second-order valence-electron chi connectivity index (χ2n) is 3.41. The first-order chi connectivity index (χ1) is 8.26. The predicted molar refractivity (Wildman–Crippen MR) is 61.7 cm³/mol. The Balaban J connectivity index is 2.45. The lowest BCUT2D eigenvalue weighted by Gasteiger charge is -2.08. The van der Waals surface area contributed by atoms with Crippen molar-refractivity contribution in [3.05, 3.63) is 47.9 Å². The van der Waals surface area contributed by atoms with Gasteiger partial charge < -0.3 is 13.9 Å². The standard InChI is InChI=1S/C13H12O4/c1-15-10-3-4-12(16-2)11(7-10)13(14)9-5-6-17-8-9/h3-8H,1-2H3. The molecule has 1 aromatic carbocycles. The summed E-state index contributed by atoms with van der Waals surface area (Å²) in [6, 6.07) is 6.70. The summed E-state index contributed by atoms with van der Waals surface area (Å²) >= 11 is 0. The number of hydrogen-bond donors (Lipinski definition) is 0. The largest absolute Gasteiger partial charge is 0.497 e. The molecule has 1 heterocycles. The molecule has 88 valence electrons. The van der Waals surface area contributed by atoms with E-state index in [9.17, 15) is 4.79 Å². The molecule has 0 radical (unpaired) electrons. The van der Waals surface area contributed by atoms with Crippen LogP contribution in [-0.4, -0.2) is 20.0 Å². The molecule has 0 aliphatic rings. The molecule has 0 unspecified atom stereocenters. The van der Waals surface area contributed by atoms with E-state index in [1.807, 2.05) is 0 Å². The Morgan fingerprint density at radius 1 is 1.18 bits per heavy atom. The van der Waals surface area contributed by atoms with E-state index in [1.54, 1.807) is 31.4 Å². The first-order valence-electron chi connectivity index (χ1n) is 5.05. The fraction of sp³-hybridized carbons (Fsp3) is 0.154. The van der Waals surface area contributed by atoms with E-state index in [0.717, 1.165) is 0 Å². The number of methoxy groups -OCH3 is 2. The molecule has 4 nitrogen and oxygen atoms in total. The van der Waals surface area contributed by atoms with Crippen molar-refractivity contribution in [3.63, 3.8) is 0 Å².